The summed E-state index contributed by atoms with van der Waals surface area (Å²) in [5.41, 5.74) is 0.488. The van der Waals surface area contributed by atoms with Gasteiger partial charge in [-0.25, -0.2) is 13.2 Å². The van der Waals surface area contributed by atoms with Crippen molar-refractivity contribution in [3.63, 3.8) is 0 Å². The van der Waals surface area contributed by atoms with E-state index in [1.54, 1.807) is 6.92 Å². The number of aliphatic hydroxyl groups is 2. The molecule has 1 saturated heterocycles. The minimum absolute atomic E-state index is 0.0566. The first-order chi connectivity index (χ1) is 9.77. The fourth-order valence-corrected chi connectivity index (χ4v) is 3.81. The highest BCUT2D eigenvalue weighted by Gasteiger charge is 2.37. The van der Waals surface area contributed by atoms with Crippen LogP contribution < -0.4 is 0 Å². The number of benzene rings is 1. The average Bonchev–Trinajstić information content (AvgIpc) is 2.78. The molecular weight excluding hydrogens is 298 g/mol. The lowest BCUT2D eigenvalue weighted by atomic mass is 10.1. The Bertz CT molecular complexity index is 647. The zero-order valence-electron chi connectivity index (χ0n) is 11.4. The second-order valence-corrected chi connectivity index (χ2v) is 6.87. The molecule has 0 aromatic heterocycles. The van der Waals surface area contributed by atoms with E-state index in [0.29, 0.717) is 12.0 Å². The van der Waals surface area contributed by atoms with Crippen molar-refractivity contribution >= 4 is 16.0 Å². The predicted molar refractivity (Wildman–Crippen MR) is 73.6 cm³/mol. The Kier molecular flexibility index (Phi) is 4.33. The van der Waals surface area contributed by atoms with E-state index < -0.39 is 28.2 Å². The number of hydrogen-bond acceptors (Lipinski definition) is 5. The van der Waals surface area contributed by atoms with Crippen molar-refractivity contribution in [2.24, 2.45) is 0 Å². The van der Waals surface area contributed by atoms with Crippen LogP contribution in [-0.4, -0.2) is 59.3 Å². The predicted octanol–water partition coefficient (Wildman–Crippen LogP) is -0.327. The van der Waals surface area contributed by atoms with Gasteiger partial charge in [-0.15, -0.1) is 0 Å². The number of aliphatic hydroxyl groups excluding tert-OH is 2. The first-order valence-electron chi connectivity index (χ1n) is 6.50. The monoisotopic (exact) mass is 315 g/mol. The molecule has 3 N–H and O–H groups in total. The molecule has 0 radical (unpaired) electrons. The smallest absolute Gasteiger partial charge is 0.336 e. The zero-order chi connectivity index (χ0) is 15.8. The summed E-state index contributed by atoms with van der Waals surface area (Å²) in [7, 11) is -3.94. The number of sulfonamides is 1. The number of carboxylic acids is 1. The van der Waals surface area contributed by atoms with E-state index in [-0.39, 0.29) is 23.5 Å². The average molecular weight is 315 g/mol. The molecule has 1 aliphatic heterocycles. The number of hydrogen-bond donors (Lipinski definition) is 3. The molecule has 0 saturated carbocycles. The van der Waals surface area contributed by atoms with Crippen LogP contribution in [-0.2, 0) is 16.4 Å². The number of carboxylic acid groups (broad SMARTS) is 1. The van der Waals surface area contributed by atoms with Crippen molar-refractivity contribution in [2.45, 2.75) is 30.4 Å². The van der Waals surface area contributed by atoms with E-state index in [1.807, 2.05) is 0 Å². The molecule has 1 aromatic rings. The van der Waals surface area contributed by atoms with Crippen LogP contribution in [0, 0.1) is 0 Å². The van der Waals surface area contributed by atoms with Gasteiger partial charge in [0.1, 0.15) is 0 Å². The third-order valence-electron chi connectivity index (χ3n) is 3.56. The molecular formula is C13H17NO6S. The van der Waals surface area contributed by atoms with E-state index >= 15 is 0 Å². The van der Waals surface area contributed by atoms with Gasteiger partial charge in [-0.3, -0.25) is 0 Å². The summed E-state index contributed by atoms with van der Waals surface area (Å²) in [6, 6.07) is 3.94. The molecule has 7 nitrogen and oxygen atoms in total. The van der Waals surface area contributed by atoms with Crippen molar-refractivity contribution in [3.05, 3.63) is 29.3 Å². The molecule has 21 heavy (non-hydrogen) atoms. The summed E-state index contributed by atoms with van der Waals surface area (Å²) in [5, 5.41) is 28.1. The van der Waals surface area contributed by atoms with E-state index in [9.17, 15) is 23.4 Å². The second kappa shape index (κ2) is 5.72. The Hall–Kier alpha value is -1.48. The van der Waals surface area contributed by atoms with Crippen molar-refractivity contribution in [1.29, 1.82) is 0 Å². The van der Waals surface area contributed by atoms with Crippen LogP contribution >= 0.6 is 0 Å². The van der Waals surface area contributed by atoms with Gasteiger partial charge in [-0.05, 0) is 24.1 Å². The number of aryl methyl sites for hydroxylation is 1. The number of carbonyl (C=O) groups is 1. The molecule has 0 spiro atoms. The van der Waals surface area contributed by atoms with E-state index in [0.717, 1.165) is 10.4 Å². The molecule has 1 aromatic carbocycles. The Morgan fingerprint density at radius 2 is 1.86 bits per heavy atom. The van der Waals surface area contributed by atoms with Gasteiger partial charge in [0.2, 0.25) is 10.0 Å². The Balaban J connectivity index is 2.42. The van der Waals surface area contributed by atoms with Crippen molar-refractivity contribution in [3.8, 4) is 0 Å². The Morgan fingerprint density at radius 1 is 1.29 bits per heavy atom. The van der Waals surface area contributed by atoms with Crippen LogP contribution in [0.2, 0.25) is 0 Å². The highest BCUT2D eigenvalue weighted by molar-refractivity contribution is 7.89. The molecule has 2 rings (SSSR count). The van der Waals surface area contributed by atoms with Gasteiger partial charge in [0.15, 0.2) is 0 Å². The first-order valence-corrected chi connectivity index (χ1v) is 7.94. The van der Waals surface area contributed by atoms with Gasteiger partial charge >= 0.3 is 5.97 Å². The molecule has 0 aliphatic carbocycles. The maximum absolute atomic E-state index is 12.4. The lowest BCUT2D eigenvalue weighted by Crippen LogP contribution is -2.30. The second-order valence-electron chi connectivity index (χ2n) is 4.93. The van der Waals surface area contributed by atoms with Crippen LogP contribution in [0.15, 0.2) is 23.1 Å². The van der Waals surface area contributed by atoms with Gasteiger partial charge in [0.25, 0.3) is 0 Å². The van der Waals surface area contributed by atoms with Gasteiger partial charge in [-0.1, -0.05) is 13.0 Å². The standard InChI is InChI=1S/C13H17NO6S/c1-2-8-3-4-9(5-10(8)13(17)18)21(19,20)14-6-11(15)12(16)7-14/h3-5,11-12,15-16H,2,6-7H2,1H3,(H,17,18). The molecule has 1 fully saturated rings. The van der Waals surface area contributed by atoms with Crippen LogP contribution in [0.4, 0.5) is 0 Å². The van der Waals surface area contributed by atoms with Gasteiger partial charge in [0, 0.05) is 13.1 Å². The lowest BCUT2D eigenvalue weighted by Gasteiger charge is -2.16. The topological polar surface area (TPSA) is 115 Å². The number of nitrogens with zero attached hydrogens (tertiary/aromatic N) is 1. The van der Waals surface area contributed by atoms with E-state index in [4.69, 9.17) is 5.11 Å². The highest BCUT2D eigenvalue weighted by Crippen LogP contribution is 2.24. The van der Waals surface area contributed by atoms with Gasteiger partial charge in [-0.2, -0.15) is 4.31 Å². The van der Waals surface area contributed by atoms with Crippen molar-refractivity contribution in [1.82, 2.24) is 4.31 Å². The fourth-order valence-electron chi connectivity index (χ4n) is 2.30. The van der Waals surface area contributed by atoms with Crippen LogP contribution in [0.25, 0.3) is 0 Å². The quantitative estimate of drug-likeness (QED) is 0.701. The minimum Gasteiger partial charge on any atom is -0.478 e. The normalized spacial score (nSPS) is 23.4. The van der Waals surface area contributed by atoms with Gasteiger partial charge < -0.3 is 15.3 Å². The van der Waals surface area contributed by atoms with Crippen LogP contribution in [0.1, 0.15) is 22.8 Å². The zero-order valence-corrected chi connectivity index (χ0v) is 12.2. The largest absolute Gasteiger partial charge is 0.478 e. The van der Waals surface area contributed by atoms with Crippen molar-refractivity contribution < 1.29 is 28.5 Å². The molecule has 0 bridgehead atoms. The first kappa shape index (κ1) is 15.9. The minimum atomic E-state index is -3.94. The highest BCUT2D eigenvalue weighted by atomic mass is 32.2. The van der Waals surface area contributed by atoms with E-state index in [2.05, 4.69) is 0 Å². The van der Waals surface area contributed by atoms with Crippen LogP contribution in [0.5, 0.6) is 0 Å². The molecule has 8 heteroatoms. The molecule has 2 unspecified atom stereocenters. The maximum atomic E-state index is 12.4. The molecule has 116 valence electrons. The van der Waals surface area contributed by atoms with Crippen molar-refractivity contribution in [2.75, 3.05) is 13.1 Å². The maximum Gasteiger partial charge on any atom is 0.336 e. The summed E-state index contributed by atoms with van der Waals surface area (Å²) < 4.78 is 25.8. The summed E-state index contributed by atoms with van der Waals surface area (Å²) in [6.07, 6.45) is -1.79. The SMILES string of the molecule is CCc1ccc(S(=O)(=O)N2CC(O)C(O)C2)cc1C(=O)O. The summed E-state index contributed by atoms with van der Waals surface area (Å²) in [4.78, 5) is 11.0. The fraction of sp³-hybridized carbons (Fsp3) is 0.462. The number of β-amino-alcohol motifs (C(OH)–C–C–N with tert-alkyl or cyclic N) is 2. The molecule has 2 atom stereocenters. The summed E-state index contributed by atoms with van der Waals surface area (Å²) in [6.45, 7) is 1.37. The Labute approximate surface area is 122 Å². The van der Waals surface area contributed by atoms with E-state index in [1.165, 1.54) is 12.1 Å². The third-order valence-corrected chi connectivity index (χ3v) is 5.38. The van der Waals surface area contributed by atoms with Crippen LogP contribution in [0.3, 0.4) is 0 Å². The molecule has 1 aliphatic rings. The molecule has 0 amide bonds. The summed E-state index contributed by atoms with van der Waals surface area (Å²) in [5.74, 6) is -1.19. The number of rotatable bonds is 4. The molecule has 1 heterocycles. The Morgan fingerprint density at radius 3 is 2.33 bits per heavy atom. The third kappa shape index (κ3) is 2.93. The van der Waals surface area contributed by atoms with Gasteiger partial charge in [0.05, 0.1) is 22.7 Å². The summed E-state index contributed by atoms with van der Waals surface area (Å²) >= 11 is 0. The lowest BCUT2D eigenvalue weighted by molar-refractivity contribution is 0.0572. The number of aromatic carboxylic acids is 1.